The molecule has 0 unspecified atom stereocenters. The van der Waals surface area contributed by atoms with Gasteiger partial charge in [0, 0.05) is 24.5 Å². The number of nitriles is 1. The smallest absolute Gasteiger partial charge is 0.325 e. The molecule has 0 aliphatic carbocycles. The first kappa shape index (κ1) is 32.3. The summed E-state index contributed by atoms with van der Waals surface area (Å²) in [6.45, 7) is 7.37. The van der Waals surface area contributed by atoms with Gasteiger partial charge in [-0.25, -0.2) is 14.1 Å². The molecule has 17 heteroatoms. The first-order valence-corrected chi connectivity index (χ1v) is 14.9. The van der Waals surface area contributed by atoms with E-state index in [9.17, 15) is 14.0 Å². The van der Waals surface area contributed by atoms with E-state index in [-0.39, 0.29) is 32.6 Å². The number of carbonyl (C=O) groups is 1. The van der Waals surface area contributed by atoms with Gasteiger partial charge in [0.1, 0.15) is 17.0 Å². The fourth-order valence-corrected chi connectivity index (χ4v) is 5.53. The summed E-state index contributed by atoms with van der Waals surface area (Å²) < 4.78 is 22.3. The van der Waals surface area contributed by atoms with Gasteiger partial charge in [-0.3, -0.25) is 14.3 Å². The van der Waals surface area contributed by atoms with Crippen molar-refractivity contribution in [2.24, 2.45) is 4.99 Å². The van der Waals surface area contributed by atoms with E-state index in [1.165, 1.54) is 13.2 Å². The lowest BCUT2D eigenvalue weighted by Gasteiger charge is -2.17. The SMILES string of the molecule is CCNc1nc(Cl)nc(NC(C)(C)C#N)n1.COC(=O)CSc1cc(N=c2sc(=O)n3n2CCCC3)c(F)cc1Cl. The van der Waals surface area contributed by atoms with Crippen LogP contribution in [-0.4, -0.2) is 55.2 Å². The molecule has 0 saturated carbocycles. The molecule has 0 atom stereocenters. The minimum absolute atomic E-state index is 0.0605. The number of fused-ring (bicyclic) bond motifs is 1. The standard InChI is InChI=1S/C15H15ClFN3O3S2.C9H13ClN6/c1-23-13(21)8-24-12-7-11(10(17)6-9(12)16)18-14-19-4-2-3-5-20(19)15(22)25-14;1-4-12-7-13-6(10)14-8(15-7)16-9(2,3)5-11/h6-7H,2-5,8H2,1H3;4H2,1-3H3,(H2,12,13,14,15,16). The molecule has 3 aromatic rings. The monoisotopic (exact) mass is 643 g/mol. The maximum atomic E-state index is 14.3. The van der Waals surface area contributed by atoms with Crippen LogP contribution in [0.1, 0.15) is 33.6 Å². The van der Waals surface area contributed by atoms with Crippen molar-refractivity contribution in [1.29, 1.82) is 5.26 Å². The second-order valence-electron chi connectivity index (χ2n) is 8.96. The molecule has 0 spiro atoms. The van der Waals surface area contributed by atoms with Crippen molar-refractivity contribution in [3.8, 4) is 6.07 Å². The number of halogens is 3. The molecule has 2 aromatic heterocycles. The van der Waals surface area contributed by atoms with Crippen LogP contribution in [0.5, 0.6) is 0 Å². The van der Waals surface area contributed by atoms with Crippen molar-refractivity contribution in [2.45, 2.75) is 57.1 Å². The zero-order valence-corrected chi connectivity index (χ0v) is 25.8. The van der Waals surface area contributed by atoms with Gasteiger partial charge in [-0.1, -0.05) is 11.6 Å². The molecule has 3 heterocycles. The number of aromatic nitrogens is 5. The fourth-order valence-electron chi connectivity index (χ4n) is 3.38. The third-order valence-electron chi connectivity index (χ3n) is 5.33. The highest BCUT2D eigenvalue weighted by molar-refractivity contribution is 8.00. The number of hydrogen-bond donors (Lipinski definition) is 2. The number of esters is 1. The average molecular weight is 645 g/mol. The van der Waals surface area contributed by atoms with Crippen LogP contribution in [0.4, 0.5) is 22.0 Å². The molecule has 0 amide bonds. The Morgan fingerprint density at radius 1 is 1.24 bits per heavy atom. The van der Waals surface area contributed by atoms with Gasteiger partial charge >= 0.3 is 10.8 Å². The maximum absolute atomic E-state index is 14.3. The summed E-state index contributed by atoms with van der Waals surface area (Å²) in [5.41, 5.74) is -0.673. The van der Waals surface area contributed by atoms with Crippen molar-refractivity contribution in [3.05, 3.63) is 42.7 Å². The molecule has 0 radical (unpaired) electrons. The lowest BCUT2D eigenvalue weighted by atomic mass is 10.1. The molecule has 0 bridgehead atoms. The first-order valence-electron chi connectivity index (χ1n) is 12.3. The molecular formula is C24H28Cl2FN9O3S2. The molecule has 1 aromatic carbocycles. The zero-order valence-electron chi connectivity index (χ0n) is 22.7. The van der Waals surface area contributed by atoms with Crippen LogP contribution < -0.4 is 20.3 Å². The Labute approximate surface area is 253 Å². The fraction of sp³-hybridized carbons (Fsp3) is 0.458. The minimum atomic E-state index is -0.756. The Bertz CT molecular complexity index is 1570. The van der Waals surface area contributed by atoms with E-state index in [2.05, 4.69) is 41.4 Å². The topological polar surface area (TPSA) is 152 Å². The van der Waals surface area contributed by atoms with E-state index >= 15 is 0 Å². The summed E-state index contributed by atoms with van der Waals surface area (Å²) in [5.74, 6) is -0.255. The molecular weight excluding hydrogens is 616 g/mol. The second-order valence-corrected chi connectivity index (χ2v) is 11.6. The summed E-state index contributed by atoms with van der Waals surface area (Å²) in [7, 11) is 1.30. The van der Waals surface area contributed by atoms with Crippen LogP contribution in [0.2, 0.25) is 10.3 Å². The van der Waals surface area contributed by atoms with E-state index in [1.807, 2.05) is 6.92 Å². The van der Waals surface area contributed by atoms with Gasteiger partial charge in [0.25, 0.3) is 0 Å². The Morgan fingerprint density at radius 2 is 1.93 bits per heavy atom. The second kappa shape index (κ2) is 14.6. The van der Waals surface area contributed by atoms with Crippen LogP contribution in [0.3, 0.4) is 0 Å². The summed E-state index contributed by atoms with van der Waals surface area (Å²) in [6.07, 6.45) is 1.90. The van der Waals surface area contributed by atoms with Gasteiger partial charge in [0.2, 0.25) is 22.0 Å². The quantitative estimate of drug-likeness (QED) is 0.266. The van der Waals surface area contributed by atoms with E-state index in [0.717, 1.165) is 42.0 Å². The number of nitrogens with one attached hydrogen (secondary N) is 2. The van der Waals surface area contributed by atoms with Crippen LogP contribution in [-0.2, 0) is 22.6 Å². The number of rotatable bonds is 8. The van der Waals surface area contributed by atoms with Gasteiger partial charge in [-0.15, -0.1) is 11.8 Å². The van der Waals surface area contributed by atoms with Crippen LogP contribution in [0.15, 0.2) is 26.8 Å². The summed E-state index contributed by atoms with van der Waals surface area (Å²) in [6, 6.07) is 4.73. The predicted molar refractivity (Wildman–Crippen MR) is 157 cm³/mol. The molecule has 4 rings (SSSR count). The van der Waals surface area contributed by atoms with Crippen molar-refractivity contribution < 1.29 is 13.9 Å². The zero-order chi connectivity index (χ0) is 30.2. The molecule has 1 aliphatic heterocycles. The number of methoxy groups -OCH3 is 1. The molecule has 0 fully saturated rings. The third-order valence-corrected chi connectivity index (χ3v) is 7.82. The van der Waals surface area contributed by atoms with E-state index in [4.69, 9.17) is 28.5 Å². The Hall–Kier alpha value is -3.19. The molecule has 1 aliphatic rings. The number of ether oxygens (including phenoxy) is 1. The van der Waals surface area contributed by atoms with E-state index in [1.54, 1.807) is 23.2 Å². The Balaban J connectivity index is 0.000000250. The number of anilines is 2. The molecule has 12 nitrogen and oxygen atoms in total. The highest BCUT2D eigenvalue weighted by Gasteiger charge is 2.18. The first-order chi connectivity index (χ1) is 19.5. The number of thioether (sulfide) groups is 1. The molecule has 0 saturated heterocycles. The van der Waals surface area contributed by atoms with Gasteiger partial charge < -0.3 is 15.4 Å². The largest absolute Gasteiger partial charge is 0.468 e. The summed E-state index contributed by atoms with van der Waals surface area (Å²) in [4.78, 5) is 40.4. The third kappa shape index (κ3) is 9.15. The van der Waals surface area contributed by atoms with Crippen molar-refractivity contribution in [2.75, 3.05) is 30.0 Å². The molecule has 2 N–H and O–H groups in total. The van der Waals surface area contributed by atoms with Gasteiger partial charge in [0.15, 0.2) is 0 Å². The van der Waals surface area contributed by atoms with E-state index < -0.39 is 17.3 Å². The normalized spacial score (nSPS) is 13.0. The predicted octanol–water partition coefficient (Wildman–Crippen LogP) is 4.47. The van der Waals surface area contributed by atoms with E-state index in [0.29, 0.717) is 35.3 Å². The highest BCUT2D eigenvalue weighted by atomic mass is 35.5. The average Bonchev–Trinajstić information content (AvgIpc) is 3.24. The number of benzene rings is 1. The molecule has 41 heavy (non-hydrogen) atoms. The van der Waals surface area contributed by atoms with Crippen molar-refractivity contribution in [1.82, 2.24) is 24.3 Å². The summed E-state index contributed by atoms with van der Waals surface area (Å²) >= 11 is 13.9. The van der Waals surface area contributed by atoms with Crippen molar-refractivity contribution in [3.63, 3.8) is 0 Å². The van der Waals surface area contributed by atoms with Gasteiger partial charge in [0.05, 0.1) is 24.0 Å². The van der Waals surface area contributed by atoms with Gasteiger partial charge in [-0.2, -0.15) is 20.2 Å². The van der Waals surface area contributed by atoms with Crippen LogP contribution in [0.25, 0.3) is 0 Å². The van der Waals surface area contributed by atoms with Gasteiger partial charge in [-0.05, 0) is 68.7 Å². The maximum Gasteiger partial charge on any atom is 0.325 e. The van der Waals surface area contributed by atoms with Crippen molar-refractivity contribution >= 4 is 69.9 Å². The number of hydrogen-bond acceptors (Lipinski definition) is 12. The lowest BCUT2D eigenvalue weighted by molar-refractivity contribution is -0.137. The number of nitrogens with zero attached hydrogens (tertiary/aromatic N) is 7. The summed E-state index contributed by atoms with van der Waals surface area (Å²) in [5, 5.41) is 14.9. The van der Waals surface area contributed by atoms with Crippen LogP contribution >= 0.6 is 46.3 Å². The van der Waals surface area contributed by atoms with Crippen LogP contribution in [0, 0.1) is 17.1 Å². The number of carbonyl (C=O) groups excluding carboxylic acids is 1. The minimum Gasteiger partial charge on any atom is -0.468 e. The lowest BCUT2D eigenvalue weighted by Crippen LogP contribution is -2.31. The Kier molecular flexibility index (Phi) is 11.5. The highest BCUT2D eigenvalue weighted by Crippen LogP contribution is 2.33. The Morgan fingerprint density at radius 3 is 2.59 bits per heavy atom. The molecule has 220 valence electrons.